The van der Waals surface area contributed by atoms with Crippen molar-refractivity contribution in [2.24, 2.45) is 17.6 Å². The zero-order valence-corrected chi connectivity index (χ0v) is 10.7. The quantitative estimate of drug-likeness (QED) is 0.483. The lowest BCUT2D eigenvalue weighted by Crippen LogP contribution is -2.22. The van der Waals surface area contributed by atoms with Crippen molar-refractivity contribution in [1.29, 1.82) is 0 Å². The molecule has 1 atom stereocenters. The zero-order chi connectivity index (χ0) is 12.4. The summed E-state index contributed by atoms with van der Waals surface area (Å²) < 4.78 is 10.1. The molecule has 1 unspecified atom stereocenters. The minimum atomic E-state index is -0.171. The molecule has 4 heteroatoms. The largest absolute Gasteiger partial charge is 0.463 e. The van der Waals surface area contributed by atoms with Gasteiger partial charge >= 0.3 is 5.97 Å². The molecule has 0 heterocycles. The molecule has 0 aromatic heterocycles. The molecule has 0 amide bonds. The number of hydrogen-bond acceptors (Lipinski definition) is 4. The van der Waals surface area contributed by atoms with Crippen LogP contribution in [-0.2, 0) is 14.3 Å². The summed E-state index contributed by atoms with van der Waals surface area (Å²) in [5.41, 5.74) is 5.61. The first kappa shape index (κ1) is 15.4. The molecule has 2 N–H and O–H groups in total. The molecule has 4 nitrogen and oxygen atoms in total. The van der Waals surface area contributed by atoms with E-state index >= 15 is 0 Å². The zero-order valence-electron chi connectivity index (χ0n) is 10.7. The van der Waals surface area contributed by atoms with E-state index in [2.05, 4.69) is 13.8 Å². The molecule has 0 fully saturated rings. The van der Waals surface area contributed by atoms with Gasteiger partial charge in [0, 0.05) is 13.0 Å². The van der Waals surface area contributed by atoms with Crippen molar-refractivity contribution in [1.82, 2.24) is 0 Å². The molecule has 0 aliphatic carbocycles. The maximum atomic E-state index is 11.4. The first-order valence-corrected chi connectivity index (χ1v) is 6.03. The third-order valence-corrected chi connectivity index (χ3v) is 2.29. The van der Waals surface area contributed by atoms with Crippen molar-refractivity contribution < 1.29 is 14.3 Å². The van der Waals surface area contributed by atoms with Crippen LogP contribution in [0.25, 0.3) is 0 Å². The SMILES string of the molecule is CCOCCOC(=O)CC(CN)CC(C)C. The Labute approximate surface area is 98.5 Å². The maximum Gasteiger partial charge on any atom is 0.306 e. The van der Waals surface area contributed by atoms with Gasteiger partial charge in [-0.15, -0.1) is 0 Å². The Morgan fingerprint density at radius 2 is 2.00 bits per heavy atom. The van der Waals surface area contributed by atoms with Gasteiger partial charge in [0.05, 0.1) is 6.61 Å². The van der Waals surface area contributed by atoms with E-state index in [1.54, 1.807) is 0 Å². The standard InChI is InChI=1S/C12H25NO3/c1-4-15-5-6-16-12(14)8-11(9-13)7-10(2)3/h10-11H,4-9,13H2,1-3H3. The molecule has 0 aromatic carbocycles. The summed E-state index contributed by atoms with van der Waals surface area (Å²) in [7, 11) is 0. The van der Waals surface area contributed by atoms with E-state index in [0.717, 1.165) is 6.42 Å². The highest BCUT2D eigenvalue weighted by atomic mass is 16.6. The molecule has 0 saturated carbocycles. The van der Waals surface area contributed by atoms with Crippen LogP contribution in [0.3, 0.4) is 0 Å². The van der Waals surface area contributed by atoms with Crippen molar-refractivity contribution in [2.45, 2.75) is 33.6 Å². The Balaban J connectivity index is 3.66. The third kappa shape index (κ3) is 8.68. The molecular formula is C12H25NO3. The molecule has 0 bridgehead atoms. The van der Waals surface area contributed by atoms with Gasteiger partial charge in [0.2, 0.25) is 0 Å². The Kier molecular flexibility index (Phi) is 9.24. The van der Waals surface area contributed by atoms with Crippen LogP contribution in [0.4, 0.5) is 0 Å². The smallest absolute Gasteiger partial charge is 0.306 e. The van der Waals surface area contributed by atoms with Crippen LogP contribution < -0.4 is 5.73 Å². The monoisotopic (exact) mass is 231 g/mol. The lowest BCUT2D eigenvalue weighted by Gasteiger charge is -2.16. The van der Waals surface area contributed by atoms with Gasteiger partial charge in [0.1, 0.15) is 6.61 Å². The normalized spacial score (nSPS) is 12.8. The maximum absolute atomic E-state index is 11.4. The molecule has 0 aromatic rings. The first-order valence-electron chi connectivity index (χ1n) is 6.03. The average Bonchev–Trinajstić information content (AvgIpc) is 2.23. The Morgan fingerprint density at radius 1 is 1.31 bits per heavy atom. The van der Waals surface area contributed by atoms with E-state index in [-0.39, 0.29) is 11.9 Å². The van der Waals surface area contributed by atoms with E-state index in [1.165, 1.54) is 0 Å². The number of esters is 1. The summed E-state index contributed by atoms with van der Waals surface area (Å²) in [5, 5.41) is 0. The number of ether oxygens (including phenoxy) is 2. The van der Waals surface area contributed by atoms with Crippen molar-refractivity contribution in [3.63, 3.8) is 0 Å². The third-order valence-electron chi connectivity index (χ3n) is 2.29. The molecule has 0 radical (unpaired) electrons. The summed E-state index contributed by atoms with van der Waals surface area (Å²) in [6.45, 7) is 8.17. The Hall–Kier alpha value is -0.610. The molecular weight excluding hydrogens is 206 g/mol. The lowest BCUT2D eigenvalue weighted by molar-refractivity contribution is -0.146. The summed E-state index contributed by atoms with van der Waals surface area (Å²) in [5.74, 6) is 0.625. The molecule has 0 rings (SSSR count). The Bertz CT molecular complexity index is 183. The van der Waals surface area contributed by atoms with Crippen LogP contribution in [-0.4, -0.2) is 32.3 Å². The van der Waals surface area contributed by atoms with E-state index in [0.29, 0.717) is 38.7 Å². The van der Waals surface area contributed by atoms with E-state index in [1.807, 2.05) is 6.92 Å². The van der Waals surface area contributed by atoms with Crippen LogP contribution >= 0.6 is 0 Å². The van der Waals surface area contributed by atoms with Crippen molar-refractivity contribution >= 4 is 5.97 Å². The molecule has 0 aliphatic heterocycles. The first-order chi connectivity index (χ1) is 7.60. The summed E-state index contributed by atoms with van der Waals surface area (Å²) >= 11 is 0. The second-order valence-corrected chi connectivity index (χ2v) is 4.35. The van der Waals surface area contributed by atoms with Gasteiger partial charge < -0.3 is 15.2 Å². The van der Waals surface area contributed by atoms with Gasteiger partial charge in [-0.05, 0) is 31.7 Å². The predicted molar refractivity (Wildman–Crippen MR) is 64.1 cm³/mol. The van der Waals surface area contributed by atoms with Crippen LogP contribution in [0.15, 0.2) is 0 Å². The predicted octanol–water partition coefficient (Wildman–Crippen LogP) is 1.58. The van der Waals surface area contributed by atoms with E-state index < -0.39 is 0 Å². The van der Waals surface area contributed by atoms with Gasteiger partial charge in [-0.25, -0.2) is 0 Å². The molecule has 0 spiro atoms. The van der Waals surface area contributed by atoms with Crippen molar-refractivity contribution in [2.75, 3.05) is 26.4 Å². The topological polar surface area (TPSA) is 61.5 Å². The fourth-order valence-corrected chi connectivity index (χ4v) is 1.58. The highest BCUT2D eigenvalue weighted by Crippen LogP contribution is 2.14. The van der Waals surface area contributed by atoms with Crippen LogP contribution in [0, 0.1) is 11.8 Å². The van der Waals surface area contributed by atoms with Gasteiger partial charge in [0.15, 0.2) is 0 Å². The van der Waals surface area contributed by atoms with Gasteiger partial charge in [-0.1, -0.05) is 13.8 Å². The van der Waals surface area contributed by atoms with Crippen molar-refractivity contribution in [3.8, 4) is 0 Å². The number of hydrogen-bond donors (Lipinski definition) is 1. The van der Waals surface area contributed by atoms with Gasteiger partial charge in [-0.3, -0.25) is 4.79 Å². The van der Waals surface area contributed by atoms with Gasteiger partial charge in [-0.2, -0.15) is 0 Å². The number of carbonyl (C=O) groups excluding carboxylic acids is 1. The minimum absolute atomic E-state index is 0.171. The average molecular weight is 231 g/mol. The molecule has 96 valence electrons. The van der Waals surface area contributed by atoms with E-state index in [9.17, 15) is 4.79 Å². The summed E-state index contributed by atoms with van der Waals surface area (Å²) in [6.07, 6.45) is 1.39. The fourth-order valence-electron chi connectivity index (χ4n) is 1.58. The fraction of sp³-hybridized carbons (Fsp3) is 0.917. The second-order valence-electron chi connectivity index (χ2n) is 4.35. The summed E-state index contributed by atoms with van der Waals surface area (Å²) in [6, 6.07) is 0. The number of carbonyl (C=O) groups is 1. The molecule has 0 aliphatic rings. The molecule has 0 saturated heterocycles. The second kappa shape index (κ2) is 9.60. The number of nitrogens with two attached hydrogens (primary N) is 1. The highest BCUT2D eigenvalue weighted by molar-refractivity contribution is 5.69. The van der Waals surface area contributed by atoms with Crippen molar-refractivity contribution in [3.05, 3.63) is 0 Å². The van der Waals surface area contributed by atoms with Crippen LogP contribution in [0.2, 0.25) is 0 Å². The summed E-state index contributed by atoms with van der Waals surface area (Å²) in [4.78, 5) is 11.4. The highest BCUT2D eigenvalue weighted by Gasteiger charge is 2.14. The van der Waals surface area contributed by atoms with Gasteiger partial charge in [0.25, 0.3) is 0 Å². The number of rotatable bonds is 9. The minimum Gasteiger partial charge on any atom is -0.463 e. The Morgan fingerprint density at radius 3 is 2.50 bits per heavy atom. The van der Waals surface area contributed by atoms with Crippen LogP contribution in [0.1, 0.15) is 33.6 Å². The molecule has 16 heavy (non-hydrogen) atoms. The van der Waals surface area contributed by atoms with E-state index in [4.69, 9.17) is 15.2 Å². The lowest BCUT2D eigenvalue weighted by atomic mass is 9.94. The van der Waals surface area contributed by atoms with Crippen LogP contribution in [0.5, 0.6) is 0 Å².